The first-order valence-electron chi connectivity index (χ1n) is 5.80. The van der Waals surface area contributed by atoms with Crippen LogP contribution in [-0.4, -0.2) is 27.4 Å². The predicted molar refractivity (Wildman–Crippen MR) is 77.4 cm³/mol. The van der Waals surface area contributed by atoms with Crippen molar-refractivity contribution in [3.8, 4) is 5.75 Å². The quantitative estimate of drug-likeness (QED) is 0.679. The first kappa shape index (κ1) is 13.9. The first-order chi connectivity index (χ1) is 9.16. The molecule has 4 nitrogen and oxygen atoms in total. The van der Waals surface area contributed by atoms with Crippen LogP contribution < -0.4 is 0 Å². The highest BCUT2D eigenvalue weighted by atomic mass is 35.5. The van der Waals surface area contributed by atoms with Gasteiger partial charge in [-0.2, -0.15) is 0 Å². The van der Waals surface area contributed by atoms with Crippen LogP contribution in [0.25, 0.3) is 0 Å². The lowest BCUT2D eigenvalue weighted by molar-refractivity contribution is 0.474. The van der Waals surface area contributed by atoms with Crippen molar-refractivity contribution < 1.29 is 5.11 Å². The number of benzene rings is 1. The standard InChI is InChI=1S/C13H13Cl2N3O/c14-11-6-10(13(19)12(15)7-11)8-16-2-1-4-18-5-3-17-9-18/h3,5-9,19H,1-2,4H2. The van der Waals surface area contributed by atoms with Crippen LogP contribution in [0.2, 0.25) is 10.0 Å². The lowest BCUT2D eigenvalue weighted by Gasteiger charge is -2.02. The summed E-state index contributed by atoms with van der Waals surface area (Å²) in [5.41, 5.74) is 0.528. The molecule has 1 aromatic carbocycles. The van der Waals surface area contributed by atoms with Gasteiger partial charge in [0.2, 0.25) is 0 Å². The van der Waals surface area contributed by atoms with Gasteiger partial charge in [0.05, 0.1) is 11.3 Å². The predicted octanol–water partition coefficient (Wildman–Crippen LogP) is 3.40. The van der Waals surface area contributed by atoms with Crippen molar-refractivity contribution in [1.82, 2.24) is 9.55 Å². The number of nitrogens with zero attached hydrogens (tertiary/aromatic N) is 3. The minimum atomic E-state index is 0.00410. The first-order valence-corrected chi connectivity index (χ1v) is 6.56. The van der Waals surface area contributed by atoms with E-state index < -0.39 is 0 Å². The monoisotopic (exact) mass is 297 g/mol. The second-order valence-corrected chi connectivity index (χ2v) is 4.86. The summed E-state index contributed by atoms with van der Waals surface area (Å²) in [6, 6.07) is 3.12. The number of aromatic hydroxyl groups is 1. The highest BCUT2D eigenvalue weighted by Gasteiger charge is 2.05. The van der Waals surface area contributed by atoms with Crippen molar-refractivity contribution in [2.24, 2.45) is 4.99 Å². The summed E-state index contributed by atoms with van der Waals surface area (Å²) < 4.78 is 1.99. The van der Waals surface area contributed by atoms with Gasteiger partial charge in [-0.3, -0.25) is 4.99 Å². The Morgan fingerprint density at radius 2 is 2.21 bits per heavy atom. The van der Waals surface area contributed by atoms with Gasteiger partial charge in [-0.25, -0.2) is 4.98 Å². The molecule has 2 rings (SSSR count). The molecule has 100 valence electrons. The third-order valence-electron chi connectivity index (χ3n) is 2.55. The average Bonchev–Trinajstić information content (AvgIpc) is 2.87. The third-order valence-corrected chi connectivity index (χ3v) is 3.06. The number of phenolic OH excluding ortho intramolecular Hbond substituents is 1. The number of aryl methyl sites for hydroxylation is 1. The summed E-state index contributed by atoms with van der Waals surface area (Å²) in [5.74, 6) is 0.00410. The second-order valence-electron chi connectivity index (χ2n) is 4.01. The molecule has 0 spiro atoms. The lowest BCUT2D eigenvalue weighted by atomic mass is 10.2. The molecule has 2 aromatic rings. The number of imidazole rings is 1. The Labute approximate surface area is 121 Å². The fourth-order valence-corrected chi connectivity index (χ4v) is 2.12. The lowest BCUT2D eigenvalue weighted by Crippen LogP contribution is -1.96. The summed E-state index contributed by atoms with van der Waals surface area (Å²) >= 11 is 11.7. The number of halogens is 2. The van der Waals surface area contributed by atoms with E-state index in [2.05, 4.69) is 9.98 Å². The fraction of sp³-hybridized carbons (Fsp3) is 0.231. The van der Waals surface area contributed by atoms with Crippen LogP contribution in [0.15, 0.2) is 35.8 Å². The maximum absolute atomic E-state index is 9.73. The molecule has 0 amide bonds. The maximum atomic E-state index is 9.73. The fourth-order valence-electron chi connectivity index (χ4n) is 1.61. The van der Waals surface area contributed by atoms with Crippen molar-refractivity contribution >= 4 is 29.4 Å². The number of aliphatic imine (C=N–C) groups is 1. The molecular formula is C13H13Cl2N3O. The Balaban J connectivity index is 1.88. The van der Waals surface area contributed by atoms with Crippen LogP contribution in [0.1, 0.15) is 12.0 Å². The Bertz CT molecular complexity index is 568. The van der Waals surface area contributed by atoms with Crippen molar-refractivity contribution in [3.63, 3.8) is 0 Å². The molecule has 0 fully saturated rings. The smallest absolute Gasteiger partial charge is 0.143 e. The Morgan fingerprint density at radius 3 is 2.95 bits per heavy atom. The van der Waals surface area contributed by atoms with E-state index in [0.29, 0.717) is 17.1 Å². The van der Waals surface area contributed by atoms with Gasteiger partial charge in [0.15, 0.2) is 0 Å². The van der Waals surface area contributed by atoms with Crippen molar-refractivity contribution in [1.29, 1.82) is 0 Å². The zero-order valence-electron chi connectivity index (χ0n) is 10.1. The van der Waals surface area contributed by atoms with Gasteiger partial charge in [-0.1, -0.05) is 23.2 Å². The van der Waals surface area contributed by atoms with E-state index in [1.54, 1.807) is 24.8 Å². The van der Waals surface area contributed by atoms with Gasteiger partial charge < -0.3 is 9.67 Å². The zero-order chi connectivity index (χ0) is 13.7. The van der Waals surface area contributed by atoms with E-state index in [9.17, 15) is 5.11 Å². The summed E-state index contributed by atoms with van der Waals surface area (Å²) in [7, 11) is 0. The molecule has 0 saturated heterocycles. The average molecular weight is 298 g/mol. The van der Waals surface area contributed by atoms with Crippen LogP contribution >= 0.6 is 23.2 Å². The molecule has 0 atom stereocenters. The van der Waals surface area contributed by atoms with Crippen LogP contribution in [0, 0.1) is 0 Å². The highest BCUT2D eigenvalue weighted by molar-refractivity contribution is 6.36. The molecule has 0 aliphatic rings. The zero-order valence-corrected chi connectivity index (χ0v) is 11.6. The van der Waals surface area contributed by atoms with Gasteiger partial charge in [-0.15, -0.1) is 0 Å². The number of aromatic nitrogens is 2. The molecule has 19 heavy (non-hydrogen) atoms. The van der Waals surface area contributed by atoms with Gasteiger partial charge in [0, 0.05) is 42.3 Å². The van der Waals surface area contributed by atoms with Gasteiger partial charge in [0.1, 0.15) is 5.75 Å². The van der Waals surface area contributed by atoms with Crippen molar-refractivity contribution in [2.45, 2.75) is 13.0 Å². The number of phenols is 1. The molecule has 0 radical (unpaired) electrons. The van der Waals surface area contributed by atoms with E-state index in [1.807, 2.05) is 10.8 Å². The van der Waals surface area contributed by atoms with Crippen LogP contribution in [0.3, 0.4) is 0 Å². The molecule has 0 unspecified atom stereocenters. The minimum absolute atomic E-state index is 0.00410. The molecule has 0 saturated carbocycles. The number of hydrogen-bond donors (Lipinski definition) is 1. The normalized spacial score (nSPS) is 11.3. The Hall–Kier alpha value is -1.52. The van der Waals surface area contributed by atoms with Gasteiger partial charge in [-0.05, 0) is 18.6 Å². The van der Waals surface area contributed by atoms with E-state index in [0.717, 1.165) is 13.0 Å². The van der Waals surface area contributed by atoms with Crippen molar-refractivity contribution in [3.05, 3.63) is 46.5 Å². The van der Waals surface area contributed by atoms with Crippen LogP contribution in [0.5, 0.6) is 5.75 Å². The van der Waals surface area contributed by atoms with E-state index in [4.69, 9.17) is 23.2 Å². The minimum Gasteiger partial charge on any atom is -0.506 e. The molecule has 0 aliphatic carbocycles. The number of hydrogen-bond acceptors (Lipinski definition) is 3. The molecule has 0 aliphatic heterocycles. The van der Waals surface area contributed by atoms with Crippen molar-refractivity contribution in [2.75, 3.05) is 6.54 Å². The summed E-state index contributed by atoms with van der Waals surface area (Å²) in [6.07, 6.45) is 7.90. The molecular weight excluding hydrogens is 285 g/mol. The SMILES string of the molecule is Oc1c(Cl)cc(Cl)cc1C=NCCCn1ccnc1. The summed E-state index contributed by atoms with van der Waals surface area (Å²) in [4.78, 5) is 8.21. The van der Waals surface area contributed by atoms with E-state index >= 15 is 0 Å². The van der Waals surface area contributed by atoms with E-state index in [-0.39, 0.29) is 10.8 Å². The Morgan fingerprint density at radius 1 is 1.37 bits per heavy atom. The molecule has 1 N–H and O–H groups in total. The van der Waals surface area contributed by atoms with Gasteiger partial charge in [0.25, 0.3) is 0 Å². The largest absolute Gasteiger partial charge is 0.506 e. The third kappa shape index (κ3) is 3.98. The second kappa shape index (κ2) is 6.59. The molecule has 6 heteroatoms. The highest BCUT2D eigenvalue weighted by Crippen LogP contribution is 2.29. The van der Waals surface area contributed by atoms with Gasteiger partial charge >= 0.3 is 0 Å². The molecule has 1 aromatic heterocycles. The van der Waals surface area contributed by atoms with Crippen LogP contribution in [0.4, 0.5) is 0 Å². The molecule has 0 bridgehead atoms. The summed E-state index contributed by atoms with van der Waals surface area (Å²) in [6.45, 7) is 1.52. The topological polar surface area (TPSA) is 50.4 Å². The maximum Gasteiger partial charge on any atom is 0.143 e. The Kier molecular flexibility index (Phi) is 4.82. The molecule has 1 heterocycles. The van der Waals surface area contributed by atoms with Crippen LogP contribution in [-0.2, 0) is 6.54 Å². The summed E-state index contributed by atoms with van der Waals surface area (Å²) in [5, 5.41) is 10.4. The van der Waals surface area contributed by atoms with E-state index in [1.165, 1.54) is 6.07 Å². The number of rotatable bonds is 5.